The van der Waals surface area contributed by atoms with E-state index < -0.39 is 0 Å². The molecule has 0 N–H and O–H groups in total. The van der Waals surface area contributed by atoms with Crippen molar-refractivity contribution in [2.45, 2.75) is 32.7 Å². The number of rotatable bonds is 6. The summed E-state index contributed by atoms with van der Waals surface area (Å²) in [5.74, 6) is 9.32. The molecule has 0 atom stereocenters. The van der Waals surface area contributed by atoms with Gasteiger partial charge in [-0.15, -0.1) is 0 Å². The van der Waals surface area contributed by atoms with Gasteiger partial charge in [-0.1, -0.05) is 18.0 Å². The number of benzene rings is 1. The van der Waals surface area contributed by atoms with Crippen LogP contribution in [0.2, 0.25) is 0 Å². The molecule has 4 rings (SSSR count). The van der Waals surface area contributed by atoms with Crippen LogP contribution in [0.4, 0.5) is 0 Å². The highest BCUT2D eigenvalue weighted by Crippen LogP contribution is 2.19. The molecule has 1 saturated heterocycles. The Bertz CT molecular complexity index is 1000. The molecule has 156 valence electrons. The predicted octanol–water partition coefficient (Wildman–Crippen LogP) is 3.60. The molecule has 1 aliphatic rings. The summed E-state index contributed by atoms with van der Waals surface area (Å²) >= 11 is 0. The third-order valence-corrected chi connectivity index (χ3v) is 5.52. The van der Waals surface area contributed by atoms with E-state index in [1.807, 2.05) is 36.5 Å². The molecule has 0 radical (unpaired) electrons. The number of hydrogen-bond acceptors (Lipinski definition) is 5. The van der Waals surface area contributed by atoms with Crippen molar-refractivity contribution in [2.75, 3.05) is 26.7 Å². The van der Waals surface area contributed by atoms with Crippen LogP contribution in [-0.4, -0.2) is 46.4 Å². The zero-order valence-corrected chi connectivity index (χ0v) is 17.7. The van der Waals surface area contributed by atoms with Crippen LogP contribution in [0.3, 0.4) is 0 Å². The molecule has 0 unspecified atom stereocenters. The van der Waals surface area contributed by atoms with Crippen molar-refractivity contribution in [3.63, 3.8) is 0 Å². The fourth-order valence-electron chi connectivity index (χ4n) is 3.63. The van der Waals surface area contributed by atoms with Crippen molar-refractivity contribution in [3.8, 4) is 17.6 Å². The molecular formula is C24H28N4O2. The zero-order valence-electron chi connectivity index (χ0n) is 17.7. The van der Waals surface area contributed by atoms with Crippen molar-refractivity contribution < 1.29 is 9.26 Å². The Hall–Kier alpha value is -3.04. The monoisotopic (exact) mass is 404 g/mol. The Kier molecular flexibility index (Phi) is 6.50. The molecule has 6 heteroatoms. The number of ether oxygens (including phenoxy) is 1. The van der Waals surface area contributed by atoms with Gasteiger partial charge in [-0.3, -0.25) is 0 Å². The predicted molar refractivity (Wildman–Crippen MR) is 115 cm³/mol. The van der Waals surface area contributed by atoms with E-state index in [-0.39, 0.29) is 0 Å². The van der Waals surface area contributed by atoms with E-state index in [9.17, 15) is 0 Å². The van der Waals surface area contributed by atoms with Crippen molar-refractivity contribution in [3.05, 3.63) is 65.6 Å². The summed E-state index contributed by atoms with van der Waals surface area (Å²) in [6.07, 6.45) is 7.06. The van der Waals surface area contributed by atoms with E-state index in [0.29, 0.717) is 18.2 Å². The maximum atomic E-state index is 5.97. The molecule has 0 bridgehead atoms. The lowest BCUT2D eigenvalue weighted by molar-refractivity contribution is 0.160. The Morgan fingerprint density at radius 2 is 1.97 bits per heavy atom. The lowest BCUT2D eigenvalue weighted by Crippen LogP contribution is -2.32. The summed E-state index contributed by atoms with van der Waals surface area (Å²) in [6.45, 7) is 5.83. The van der Waals surface area contributed by atoms with Crippen molar-refractivity contribution >= 4 is 0 Å². The van der Waals surface area contributed by atoms with Gasteiger partial charge in [0.1, 0.15) is 17.3 Å². The molecule has 2 aromatic heterocycles. The number of aromatic nitrogens is 3. The van der Waals surface area contributed by atoms with Gasteiger partial charge in [-0.05, 0) is 69.1 Å². The third-order valence-electron chi connectivity index (χ3n) is 5.52. The Morgan fingerprint density at radius 3 is 2.73 bits per heavy atom. The molecule has 3 heterocycles. The summed E-state index contributed by atoms with van der Waals surface area (Å²) in [4.78, 5) is 6.70. The number of piperidine rings is 1. The average Bonchev–Trinajstić information content (AvgIpc) is 3.42. The van der Waals surface area contributed by atoms with Gasteiger partial charge in [0.2, 0.25) is 5.76 Å². The number of likely N-dealkylation sites (tertiary alicyclic amines) is 1. The van der Waals surface area contributed by atoms with Crippen LogP contribution in [-0.2, 0) is 13.0 Å². The number of hydrogen-bond donors (Lipinski definition) is 0. The lowest BCUT2D eigenvalue weighted by Gasteiger charge is -2.28. The summed E-state index contributed by atoms with van der Waals surface area (Å²) in [5, 5.41) is 4.12. The number of imidazole rings is 1. The summed E-state index contributed by atoms with van der Waals surface area (Å²) in [7, 11) is 2.18. The van der Waals surface area contributed by atoms with Gasteiger partial charge in [-0.2, -0.15) is 0 Å². The Labute approximate surface area is 177 Å². The van der Waals surface area contributed by atoms with Gasteiger partial charge in [0.15, 0.2) is 0 Å². The maximum absolute atomic E-state index is 5.97. The normalized spacial score (nSPS) is 15.0. The fourth-order valence-corrected chi connectivity index (χ4v) is 3.63. The second-order valence-electron chi connectivity index (χ2n) is 7.84. The summed E-state index contributed by atoms with van der Waals surface area (Å²) in [5.41, 5.74) is 1.76. The minimum absolute atomic E-state index is 0.561. The molecule has 1 fully saturated rings. The minimum Gasteiger partial charge on any atom is -0.493 e. The Balaban J connectivity index is 1.30. The van der Waals surface area contributed by atoms with Gasteiger partial charge >= 0.3 is 0 Å². The molecule has 1 aromatic carbocycles. The van der Waals surface area contributed by atoms with Crippen LogP contribution in [0.1, 0.15) is 42.6 Å². The van der Waals surface area contributed by atoms with E-state index in [1.165, 1.54) is 12.8 Å². The quantitative estimate of drug-likeness (QED) is 0.588. The molecule has 1 aliphatic heterocycles. The van der Waals surface area contributed by atoms with Crippen LogP contribution < -0.4 is 4.74 Å². The second kappa shape index (κ2) is 9.64. The first-order valence-electron chi connectivity index (χ1n) is 10.6. The van der Waals surface area contributed by atoms with Gasteiger partial charge in [0, 0.05) is 30.4 Å². The largest absolute Gasteiger partial charge is 0.493 e. The summed E-state index contributed by atoms with van der Waals surface area (Å²) in [6, 6.07) is 9.80. The van der Waals surface area contributed by atoms with Crippen LogP contribution in [0.25, 0.3) is 0 Å². The first kappa shape index (κ1) is 20.2. The molecule has 0 amide bonds. The van der Waals surface area contributed by atoms with E-state index in [2.05, 4.69) is 45.4 Å². The number of aryl methyl sites for hydroxylation is 1. The van der Waals surface area contributed by atoms with Crippen LogP contribution in [0.5, 0.6) is 5.75 Å². The van der Waals surface area contributed by atoms with Crippen molar-refractivity contribution in [1.82, 2.24) is 19.6 Å². The molecule has 3 aromatic rings. The topological polar surface area (TPSA) is 56.3 Å². The smallest absolute Gasteiger partial charge is 0.210 e. The molecule has 30 heavy (non-hydrogen) atoms. The van der Waals surface area contributed by atoms with Gasteiger partial charge in [-0.25, -0.2) is 4.98 Å². The first-order chi connectivity index (χ1) is 14.7. The van der Waals surface area contributed by atoms with Crippen molar-refractivity contribution in [1.29, 1.82) is 0 Å². The molecule has 0 saturated carbocycles. The van der Waals surface area contributed by atoms with E-state index in [1.54, 1.807) is 6.20 Å². The van der Waals surface area contributed by atoms with Crippen LogP contribution >= 0.6 is 0 Å². The fraction of sp³-hybridized carbons (Fsp3) is 0.417. The van der Waals surface area contributed by atoms with Crippen molar-refractivity contribution in [2.24, 2.45) is 5.92 Å². The SMILES string of the molecule is CCc1nccn1Cc1cc(C#Cc2ccc(OCC3CCN(C)CC3)cc2)on1. The first-order valence-corrected chi connectivity index (χ1v) is 10.6. The van der Waals surface area contributed by atoms with Crippen LogP contribution in [0.15, 0.2) is 47.2 Å². The maximum Gasteiger partial charge on any atom is 0.210 e. The molecule has 6 nitrogen and oxygen atoms in total. The molecule has 0 spiro atoms. The average molecular weight is 405 g/mol. The highest BCUT2D eigenvalue weighted by atomic mass is 16.5. The third kappa shape index (κ3) is 5.31. The van der Waals surface area contributed by atoms with Gasteiger partial charge in [0.05, 0.1) is 13.2 Å². The van der Waals surface area contributed by atoms with E-state index >= 15 is 0 Å². The highest BCUT2D eigenvalue weighted by Gasteiger charge is 2.17. The standard InChI is InChI=1S/C24H28N4O2/c1-3-24-25-12-15-28(24)17-21-16-23(30-26-21)9-6-19-4-7-22(8-5-19)29-18-20-10-13-27(2)14-11-20/h4-5,7-8,12,15-16,20H,3,10-11,13-14,17-18H2,1-2H3. The lowest BCUT2D eigenvalue weighted by atomic mass is 9.98. The zero-order chi connectivity index (χ0) is 20.8. The Morgan fingerprint density at radius 1 is 1.17 bits per heavy atom. The van der Waals surface area contributed by atoms with Gasteiger partial charge in [0.25, 0.3) is 0 Å². The minimum atomic E-state index is 0.561. The van der Waals surface area contributed by atoms with Crippen LogP contribution in [0, 0.1) is 17.8 Å². The summed E-state index contributed by atoms with van der Waals surface area (Å²) < 4.78 is 13.4. The van der Waals surface area contributed by atoms with Gasteiger partial charge < -0.3 is 18.7 Å². The molecule has 0 aliphatic carbocycles. The highest BCUT2D eigenvalue weighted by molar-refractivity contribution is 5.41. The van der Waals surface area contributed by atoms with E-state index in [4.69, 9.17) is 9.26 Å². The molecular weight excluding hydrogens is 376 g/mol. The van der Waals surface area contributed by atoms with E-state index in [0.717, 1.165) is 48.9 Å². The second-order valence-corrected chi connectivity index (χ2v) is 7.84. The number of nitrogens with zero attached hydrogens (tertiary/aromatic N) is 4.